The van der Waals surface area contributed by atoms with E-state index in [-0.39, 0.29) is 0 Å². The van der Waals surface area contributed by atoms with Crippen LogP contribution in [-0.2, 0) is 20.8 Å². The summed E-state index contributed by atoms with van der Waals surface area (Å²) in [6.07, 6.45) is 0.701. The molecule has 0 aliphatic rings. The first-order valence-electron chi connectivity index (χ1n) is 4.48. The van der Waals surface area contributed by atoms with E-state index in [4.69, 9.17) is 0 Å². The summed E-state index contributed by atoms with van der Waals surface area (Å²) in [5, 5.41) is 2.58. The van der Waals surface area contributed by atoms with Gasteiger partial charge in [-0.05, 0) is 5.56 Å². The van der Waals surface area contributed by atoms with E-state index in [1.54, 1.807) is 0 Å². The van der Waals surface area contributed by atoms with E-state index in [0.29, 0.717) is 22.4 Å². The summed E-state index contributed by atoms with van der Waals surface area (Å²) < 4.78 is 0. The molecule has 1 amide bonds. The van der Waals surface area contributed by atoms with E-state index in [1.165, 1.54) is 0 Å². The van der Waals surface area contributed by atoms with Crippen LogP contribution in [0.2, 0.25) is 0 Å². The van der Waals surface area contributed by atoms with Gasteiger partial charge in [-0.25, -0.2) is 0 Å². The number of hydrogen-bond acceptors (Lipinski definition) is 1. The van der Waals surface area contributed by atoms with Crippen LogP contribution < -0.4 is 5.32 Å². The van der Waals surface area contributed by atoms with Gasteiger partial charge in [0.15, 0.2) is 0 Å². The third-order valence-corrected chi connectivity index (χ3v) is 1.23. The Balaban J connectivity index is 0. The van der Waals surface area contributed by atoms with Crippen LogP contribution in [0.4, 0.5) is 0 Å². The Hall–Kier alpha value is 0.734. The molecule has 1 aromatic carbocycles. The van der Waals surface area contributed by atoms with Crippen LogP contribution in [0.3, 0.4) is 0 Å². The summed E-state index contributed by atoms with van der Waals surface area (Å²) >= 11 is 4.74. The van der Waals surface area contributed by atoms with Crippen molar-refractivity contribution in [3.05, 3.63) is 35.9 Å². The van der Waals surface area contributed by atoms with Gasteiger partial charge in [-0.1, -0.05) is 44.2 Å². The second-order valence-electron chi connectivity index (χ2n) is 2.05. The predicted octanol–water partition coefficient (Wildman–Crippen LogP) is 3.73. The van der Waals surface area contributed by atoms with Crippen LogP contribution in [0.25, 0.3) is 0 Å². The maximum absolute atomic E-state index is 9.87. The van der Waals surface area contributed by atoms with E-state index in [9.17, 15) is 4.79 Å². The third kappa shape index (κ3) is 14.7. The first-order valence-corrected chi connectivity index (χ1v) is 13.5. The van der Waals surface area contributed by atoms with Gasteiger partial charge < -0.3 is 5.32 Å². The maximum atomic E-state index is 9.87. The zero-order valence-corrected chi connectivity index (χ0v) is 14.5. The van der Waals surface area contributed by atoms with Crippen LogP contribution in [0.1, 0.15) is 19.4 Å². The van der Waals surface area contributed by atoms with E-state index in [1.807, 2.05) is 44.2 Å². The summed E-state index contributed by atoms with van der Waals surface area (Å²) in [4.78, 5) is 9.87. The van der Waals surface area contributed by atoms with Crippen molar-refractivity contribution in [3.8, 4) is 0 Å². The van der Waals surface area contributed by atoms with Crippen molar-refractivity contribution < 1.29 is 14.3 Å². The van der Waals surface area contributed by atoms with E-state index >= 15 is 0 Å². The van der Waals surface area contributed by atoms with Crippen LogP contribution in [0.15, 0.2) is 30.3 Å². The number of hydrogen-bond donors (Lipinski definition) is 1. The van der Waals surface area contributed by atoms with Gasteiger partial charge >= 0.3 is 49.4 Å². The fourth-order valence-corrected chi connectivity index (χ4v) is 0.755. The molecule has 1 N–H and O–H groups in total. The standard InChI is InChI=1S/C8H9NO.C2H6.2HI.V/c10-7-9-6-8-4-2-1-3-5-8;1-2;;;/h1-5,7H,6H2,(H,9,10);1-2H3;2*1H;/q;;;;+2/p-2. The molecule has 0 spiro atoms. The fraction of sp³-hybridized carbons (Fsp3) is 0.300. The Kier molecular flexibility index (Phi) is 20.7. The number of rotatable bonds is 3. The molecule has 0 atom stereocenters. The molecule has 0 bridgehead atoms. The Morgan fingerprint density at radius 2 is 1.73 bits per heavy atom. The molecule has 15 heavy (non-hydrogen) atoms. The van der Waals surface area contributed by atoms with Crippen LogP contribution in [0, 0.1) is 0 Å². The Labute approximate surface area is 121 Å². The Bertz CT molecular complexity index is 222. The molecule has 0 aliphatic heterocycles. The first-order chi connectivity index (χ1) is 7.35. The first kappa shape index (κ1) is 18.1. The SMILES string of the molecule is CC.O=CNCc1ccccc1.[I][V][I]. The minimum absolute atomic E-state index is 0.615. The second-order valence-corrected chi connectivity index (χ2v) is 13.8. The van der Waals surface area contributed by atoms with Crippen molar-refractivity contribution in [1.82, 2.24) is 5.32 Å². The number of benzene rings is 1. The summed E-state index contributed by atoms with van der Waals surface area (Å²) in [7, 11) is 0.628. The van der Waals surface area contributed by atoms with Crippen LogP contribution in [0.5, 0.6) is 0 Å². The monoisotopic (exact) mass is 470 g/mol. The molecule has 0 saturated heterocycles. The van der Waals surface area contributed by atoms with E-state index in [2.05, 4.69) is 45.3 Å². The van der Waals surface area contributed by atoms with Crippen molar-refractivity contribution in [2.45, 2.75) is 20.4 Å². The molecule has 0 aliphatic carbocycles. The normalized spacial score (nSPS) is 7.20. The second kappa shape index (κ2) is 17.1. The summed E-state index contributed by atoms with van der Waals surface area (Å²) in [6, 6.07) is 9.78. The molecule has 85 valence electrons. The molecular formula is C10H15I2NOV. The van der Waals surface area contributed by atoms with Crippen molar-refractivity contribution in [2.75, 3.05) is 0 Å². The summed E-state index contributed by atoms with van der Waals surface area (Å²) in [6.45, 7) is 4.62. The van der Waals surface area contributed by atoms with Gasteiger partial charge in [0.25, 0.3) is 0 Å². The van der Waals surface area contributed by atoms with Crippen LogP contribution >= 0.6 is 40.0 Å². The summed E-state index contributed by atoms with van der Waals surface area (Å²) in [5.41, 5.74) is 1.12. The number of carbonyl (C=O) groups excluding carboxylic acids is 1. The van der Waals surface area contributed by atoms with Gasteiger partial charge in [-0.3, -0.25) is 4.79 Å². The molecule has 0 heterocycles. The molecule has 0 radical (unpaired) electrons. The van der Waals surface area contributed by atoms with Crippen molar-refractivity contribution in [3.63, 3.8) is 0 Å². The van der Waals surface area contributed by atoms with Crippen LogP contribution in [-0.4, -0.2) is 6.41 Å². The molecule has 1 rings (SSSR count). The fourth-order valence-electron chi connectivity index (χ4n) is 0.755. The average Bonchev–Trinajstić information content (AvgIpc) is 2.31. The molecule has 1 aromatic rings. The van der Waals surface area contributed by atoms with Crippen molar-refractivity contribution in [2.24, 2.45) is 0 Å². The van der Waals surface area contributed by atoms with Gasteiger partial charge in [0.1, 0.15) is 0 Å². The average molecular weight is 470 g/mol. The molecule has 5 heteroatoms. The molecule has 0 saturated carbocycles. The van der Waals surface area contributed by atoms with Gasteiger partial charge in [0, 0.05) is 6.54 Å². The number of halogens is 2. The van der Waals surface area contributed by atoms with Gasteiger partial charge in [-0.2, -0.15) is 0 Å². The van der Waals surface area contributed by atoms with Crippen molar-refractivity contribution >= 4 is 46.4 Å². The van der Waals surface area contributed by atoms with Gasteiger partial charge in [0.05, 0.1) is 0 Å². The Morgan fingerprint density at radius 1 is 1.27 bits per heavy atom. The minimum atomic E-state index is 0.615. The molecule has 0 aromatic heterocycles. The number of nitrogens with one attached hydrogen (secondary N) is 1. The number of amides is 1. The topological polar surface area (TPSA) is 29.1 Å². The molecule has 0 unspecified atom stereocenters. The van der Waals surface area contributed by atoms with Crippen molar-refractivity contribution in [1.29, 1.82) is 0 Å². The molecular weight excluding hydrogens is 455 g/mol. The Morgan fingerprint density at radius 3 is 2.13 bits per heavy atom. The van der Waals surface area contributed by atoms with Gasteiger partial charge in [-0.15, -0.1) is 0 Å². The zero-order chi connectivity index (χ0) is 11.9. The zero-order valence-electron chi connectivity index (χ0n) is 8.78. The quantitative estimate of drug-likeness (QED) is 0.530. The number of carbonyl (C=O) groups is 1. The predicted molar refractivity (Wildman–Crippen MR) is 78.7 cm³/mol. The molecule has 2 nitrogen and oxygen atoms in total. The van der Waals surface area contributed by atoms with Gasteiger partial charge in [0.2, 0.25) is 6.41 Å². The summed E-state index contributed by atoms with van der Waals surface area (Å²) in [5.74, 6) is 0. The third-order valence-electron chi connectivity index (χ3n) is 1.23. The van der Waals surface area contributed by atoms with E-state index in [0.717, 1.165) is 5.56 Å². The van der Waals surface area contributed by atoms with E-state index < -0.39 is 0 Å². The molecule has 0 fully saturated rings.